The van der Waals surface area contributed by atoms with Crippen LogP contribution in [0.15, 0.2) is 89.1 Å². The lowest BCUT2D eigenvalue weighted by Gasteiger charge is -2.42. The Kier molecular flexibility index (Phi) is 32.5. The van der Waals surface area contributed by atoms with Crippen molar-refractivity contribution in [1.29, 1.82) is 0 Å². The van der Waals surface area contributed by atoms with Gasteiger partial charge in [-0.15, -0.1) is 0 Å². The number of hydrogen-bond acceptors (Lipinski definition) is 5. The standard InChI is InChI=1S/C39H54FN3O.C8H18.C5H10O.C4H8O.C4H10/c1-10-16-30-24-32(25-30)43-37-26-31(18-19-33(37)39(20-12-3,21-13-4)38(43)44)27(7)23-36(41-22-14-5)28(8)29(9)42-35(17-11-2)34(40)15-6;1-5-7-8(3,4)6-2;1-3-5(2)4-6;1-2-4-5-3-1;1-4(2)3/h11,15,17-19,22-23,26,30,32,42H,6-7,10,12-14,16,20-21,24-25H2,1-5,8-9H3;5-7H2,1-4H3;4-5H,3H2,1-2H3;1-4H2;4H,1-3H3/b17-11-,29-28+,35-34-,36-23+,41-22?;;;;. The summed E-state index contributed by atoms with van der Waals surface area (Å²) in [4.78, 5) is 31.0. The molecule has 1 unspecified atom stereocenters. The molecule has 2 aliphatic heterocycles. The van der Waals surface area contributed by atoms with Crippen LogP contribution < -0.4 is 10.2 Å². The van der Waals surface area contributed by atoms with E-state index in [0.29, 0.717) is 22.9 Å². The van der Waals surface area contributed by atoms with Crippen molar-refractivity contribution < 1.29 is 18.7 Å². The first-order valence-corrected chi connectivity index (χ1v) is 26.3. The number of allylic oxidation sites excluding steroid dienone is 8. The average Bonchev–Trinajstić information content (AvgIpc) is 3.95. The van der Waals surface area contributed by atoms with Gasteiger partial charge in [0.05, 0.1) is 16.8 Å². The third-order valence-electron chi connectivity index (χ3n) is 12.7. The Balaban J connectivity index is 0.00000154. The van der Waals surface area contributed by atoms with Crippen LogP contribution in [0.25, 0.3) is 5.57 Å². The zero-order chi connectivity index (χ0) is 51.2. The molecule has 1 aliphatic carbocycles. The van der Waals surface area contributed by atoms with Gasteiger partial charge in [0.15, 0.2) is 0 Å². The van der Waals surface area contributed by atoms with Crippen LogP contribution in [0.3, 0.4) is 0 Å². The van der Waals surface area contributed by atoms with Gasteiger partial charge >= 0.3 is 0 Å². The summed E-state index contributed by atoms with van der Waals surface area (Å²) in [5.74, 6) is 1.67. The van der Waals surface area contributed by atoms with Crippen molar-refractivity contribution >= 4 is 29.7 Å². The molecule has 2 heterocycles. The van der Waals surface area contributed by atoms with Crippen molar-refractivity contribution in [3.05, 3.63) is 95.3 Å². The molecule has 1 aromatic rings. The third kappa shape index (κ3) is 22.0. The fraction of sp³-hybridized carbons (Fsp3) is 0.650. The maximum absolute atomic E-state index is 14.4. The molecule has 7 heteroatoms. The molecule has 0 radical (unpaired) electrons. The molecule has 380 valence electrons. The fourth-order valence-electron chi connectivity index (χ4n) is 8.26. The number of carbonyl (C=O) groups excluding carboxylic acids is 2. The molecule has 1 N–H and O–H groups in total. The summed E-state index contributed by atoms with van der Waals surface area (Å²) in [5.41, 5.74) is 6.95. The molecule has 3 aliphatic rings. The van der Waals surface area contributed by atoms with Crippen molar-refractivity contribution in [3.63, 3.8) is 0 Å². The molecule has 0 aromatic heterocycles. The molecular weight excluding hydrogens is 830 g/mol. The molecule has 4 rings (SSSR count). The Hall–Kier alpha value is -3.84. The van der Waals surface area contributed by atoms with Crippen LogP contribution in [0, 0.1) is 23.2 Å². The van der Waals surface area contributed by atoms with E-state index in [2.05, 4.69) is 111 Å². The number of aliphatic imine (C=N–C) groups is 1. The van der Waals surface area contributed by atoms with Gasteiger partial charge in [-0.2, -0.15) is 0 Å². The van der Waals surface area contributed by atoms with Crippen molar-refractivity contribution in [1.82, 2.24) is 5.32 Å². The second-order valence-electron chi connectivity index (χ2n) is 20.2. The maximum Gasteiger partial charge on any atom is 0.237 e. The highest BCUT2D eigenvalue weighted by molar-refractivity contribution is 6.09. The molecule has 6 nitrogen and oxygen atoms in total. The number of ether oxygens (including phenoxy) is 1. The van der Waals surface area contributed by atoms with Crippen LogP contribution in [0.4, 0.5) is 10.1 Å². The van der Waals surface area contributed by atoms with E-state index in [-0.39, 0.29) is 12.0 Å². The van der Waals surface area contributed by atoms with Crippen LogP contribution in [0.1, 0.15) is 218 Å². The van der Waals surface area contributed by atoms with Crippen molar-refractivity contribution in [2.75, 3.05) is 18.1 Å². The van der Waals surface area contributed by atoms with E-state index in [1.807, 2.05) is 53.8 Å². The van der Waals surface area contributed by atoms with Crippen molar-refractivity contribution in [2.45, 2.75) is 219 Å². The number of aldehydes is 1. The highest BCUT2D eigenvalue weighted by Crippen LogP contribution is 2.52. The molecule has 1 saturated heterocycles. The number of nitrogens with zero attached hydrogens (tertiary/aromatic N) is 2. The van der Waals surface area contributed by atoms with Gasteiger partial charge in [-0.25, -0.2) is 4.39 Å². The minimum absolute atomic E-state index is 0.255. The third-order valence-corrected chi connectivity index (χ3v) is 12.7. The lowest BCUT2D eigenvalue weighted by Crippen LogP contribution is -2.50. The first kappa shape index (κ1) is 63.2. The monoisotopic (exact) mass is 930 g/mol. The summed E-state index contributed by atoms with van der Waals surface area (Å²) in [6, 6.07) is 6.76. The van der Waals surface area contributed by atoms with Crippen molar-refractivity contribution in [2.24, 2.45) is 28.2 Å². The van der Waals surface area contributed by atoms with E-state index in [0.717, 1.165) is 111 Å². The van der Waals surface area contributed by atoms with Crippen LogP contribution in [-0.4, -0.2) is 37.7 Å². The van der Waals surface area contributed by atoms with E-state index in [1.165, 1.54) is 56.6 Å². The molecule has 0 bridgehead atoms. The Bertz CT molecular complexity index is 1750. The van der Waals surface area contributed by atoms with Gasteiger partial charge in [0, 0.05) is 42.8 Å². The van der Waals surface area contributed by atoms with Crippen LogP contribution >= 0.6 is 0 Å². The number of anilines is 1. The number of hydrogen-bond donors (Lipinski definition) is 1. The molecular formula is C60H100FN3O3. The van der Waals surface area contributed by atoms with Gasteiger partial charge in [0.25, 0.3) is 0 Å². The zero-order valence-electron chi connectivity index (χ0n) is 45.9. The van der Waals surface area contributed by atoms with E-state index in [4.69, 9.17) is 9.73 Å². The normalized spacial score (nSPS) is 18.7. The number of nitrogens with one attached hydrogen (secondary N) is 1. The lowest BCUT2D eigenvalue weighted by molar-refractivity contribution is -0.124. The molecule has 0 spiro atoms. The predicted molar refractivity (Wildman–Crippen MR) is 292 cm³/mol. The van der Waals surface area contributed by atoms with Gasteiger partial charge in [0.2, 0.25) is 5.91 Å². The van der Waals surface area contributed by atoms with E-state index >= 15 is 0 Å². The molecule has 1 aromatic carbocycles. The Morgan fingerprint density at radius 1 is 0.985 bits per heavy atom. The molecule has 1 amide bonds. The average molecular weight is 930 g/mol. The first-order chi connectivity index (χ1) is 31.8. The van der Waals surface area contributed by atoms with Gasteiger partial charge < -0.3 is 19.7 Å². The topological polar surface area (TPSA) is 71.0 Å². The number of amides is 1. The second kappa shape index (κ2) is 34.4. The summed E-state index contributed by atoms with van der Waals surface area (Å²) in [6.07, 6.45) is 26.1. The summed E-state index contributed by atoms with van der Waals surface area (Å²) in [6.45, 7) is 44.0. The predicted octanol–water partition coefficient (Wildman–Crippen LogP) is 17.6. The zero-order valence-corrected chi connectivity index (χ0v) is 45.9. The number of rotatable bonds is 21. The largest absolute Gasteiger partial charge is 0.381 e. The number of carbonyl (C=O) groups is 2. The van der Waals surface area contributed by atoms with E-state index in [9.17, 15) is 14.0 Å². The second-order valence-corrected chi connectivity index (χ2v) is 20.2. The Labute approximate surface area is 412 Å². The van der Waals surface area contributed by atoms with Gasteiger partial charge in [-0.05, 0) is 142 Å². The highest BCUT2D eigenvalue weighted by atomic mass is 19.1. The molecule has 2 fully saturated rings. The Morgan fingerprint density at radius 2 is 1.58 bits per heavy atom. The number of fused-ring (bicyclic) bond motifs is 1. The Morgan fingerprint density at radius 3 is 1.99 bits per heavy atom. The maximum atomic E-state index is 14.4. The van der Waals surface area contributed by atoms with Crippen molar-refractivity contribution in [3.8, 4) is 0 Å². The van der Waals surface area contributed by atoms with Gasteiger partial charge in [-0.3, -0.25) is 9.79 Å². The number of benzene rings is 1. The minimum Gasteiger partial charge on any atom is -0.381 e. The first-order valence-electron chi connectivity index (χ1n) is 26.3. The fourth-order valence-corrected chi connectivity index (χ4v) is 8.26. The summed E-state index contributed by atoms with van der Waals surface area (Å²) < 4.78 is 19.4. The van der Waals surface area contributed by atoms with Gasteiger partial charge in [0.1, 0.15) is 12.1 Å². The van der Waals surface area contributed by atoms with Crippen LogP contribution in [0.2, 0.25) is 0 Å². The summed E-state index contributed by atoms with van der Waals surface area (Å²) in [5, 5.41) is 3.19. The summed E-state index contributed by atoms with van der Waals surface area (Å²) >= 11 is 0. The quantitative estimate of drug-likeness (QED) is 0.0757. The van der Waals surface area contributed by atoms with Gasteiger partial charge in [-0.1, -0.05) is 160 Å². The van der Waals surface area contributed by atoms with E-state index in [1.54, 1.807) is 12.2 Å². The SMILES string of the molecule is C1CCOC1.C=C/C(F)=C(\C=C/C)N/C(C)=C(C)/C(=C\C(=C)c1ccc2c(c1)N(C1CC(CCC)C1)C(=O)C2(CCC)CCC)N=CCC.CC(C)C.CCC(C)C=O.CCCC(C)(C)CC. The minimum atomic E-state index is -0.443. The molecule has 1 saturated carbocycles. The summed E-state index contributed by atoms with van der Waals surface area (Å²) in [7, 11) is 0. The lowest BCUT2D eigenvalue weighted by atomic mass is 9.73. The molecule has 67 heavy (non-hydrogen) atoms. The smallest absolute Gasteiger partial charge is 0.237 e. The number of halogens is 1. The van der Waals surface area contributed by atoms with E-state index < -0.39 is 11.2 Å². The highest BCUT2D eigenvalue weighted by Gasteiger charge is 2.53. The molecule has 1 atom stereocenters. The van der Waals surface area contributed by atoms with Crippen LogP contribution in [0.5, 0.6) is 0 Å². The van der Waals surface area contributed by atoms with Crippen LogP contribution in [-0.2, 0) is 19.7 Å².